The summed E-state index contributed by atoms with van der Waals surface area (Å²) >= 11 is 0. The Hall–Kier alpha value is -7.20. The molecular formula is C43H16BF20NO. The standard InChI is InChI=1S/C24BF20.C19H16NO/c26-5-1(6(27)14(35)21(42)13(5)34)25(2-7(28)15(36)22(43)16(37)8(2)29,3-9(30)17(38)23(44)18(39)10(3)31)4-11(32)19(40)24(45)20(41)12(4)33;21-19(16-9-3-1-4-10-16)18-12-6-5-11-17(18)15-20-13-7-2-8-14-20/h;1-14H,15H2/q-1;+1. The van der Waals surface area contributed by atoms with E-state index >= 15 is 35.1 Å². The Morgan fingerprint density at radius 1 is 0.333 bits per heavy atom. The fraction of sp³-hybridized carbons (Fsp3) is 0.0233. The van der Waals surface area contributed by atoms with Gasteiger partial charge < -0.3 is 0 Å². The predicted molar refractivity (Wildman–Crippen MR) is 191 cm³/mol. The van der Waals surface area contributed by atoms with Crippen LogP contribution in [0, 0.1) is 116 Å². The Balaban J connectivity index is 0.000000284. The first kappa shape index (κ1) is 48.3. The highest BCUT2D eigenvalue weighted by molar-refractivity contribution is 7.20. The molecule has 66 heavy (non-hydrogen) atoms. The highest BCUT2D eigenvalue weighted by atomic mass is 19.2. The highest BCUT2D eigenvalue weighted by Gasteiger charge is 2.52. The van der Waals surface area contributed by atoms with E-state index in [4.69, 9.17) is 0 Å². The molecule has 1 heterocycles. The van der Waals surface area contributed by atoms with E-state index in [1.807, 2.05) is 85.2 Å². The maximum atomic E-state index is 15.4. The lowest BCUT2D eigenvalue weighted by Gasteiger charge is -2.44. The molecule has 0 unspecified atom stereocenters. The van der Waals surface area contributed by atoms with Gasteiger partial charge in [0.25, 0.3) is 0 Å². The highest BCUT2D eigenvalue weighted by Crippen LogP contribution is 2.31. The van der Waals surface area contributed by atoms with Crippen molar-refractivity contribution in [1.82, 2.24) is 0 Å². The molecule has 7 aromatic rings. The third-order valence-corrected chi connectivity index (χ3v) is 10.1. The molecular weight excluding hydrogens is 937 g/mol. The molecule has 0 saturated heterocycles. The SMILES string of the molecule is Fc1c(F)c(F)c([B-](c2c(F)c(F)c(F)c(F)c2F)(c2c(F)c(F)c(F)c(F)c2F)c2c(F)c(F)c(F)c(F)c2F)c(F)c1F.O=C(c1ccccc1)c1ccccc1C[n+]1ccccc1. The minimum atomic E-state index is -7.22. The summed E-state index contributed by atoms with van der Waals surface area (Å²) in [4.78, 5) is 12.6. The first-order valence-electron chi connectivity index (χ1n) is 17.9. The van der Waals surface area contributed by atoms with Crippen molar-refractivity contribution in [3.05, 3.63) is 218 Å². The number of rotatable bonds is 8. The lowest BCUT2D eigenvalue weighted by molar-refractivity contribution is -0.688. The molecule has 6 aromatic carbocycles. The zero-order chi connectivity index (χ0) is 48.8. The number of ketones is 1. The van der Waals surface area contributed by atoms with Gasteiger partial charge in [0.1, 0.15) is 52.7 Å². The van der Waals surface area contributed by atoms with Gasteiger partial charge >= 0.3 is 0 Å². The average molecular weight is 953 g/mol. The Kier molecular flexibility index (Phi) is 13.4. The van der Waals surface area contributed by atoms with Crippen molar-refractivity contribution >= 4 is 33.8 Å². The molecule has 2 nitrogen and oxygen atoms in total. The van der Waals surface area contributed by atoms with E-state index in [2.05, 4.69) is 4.57 Å². The summed E-state index contributed by atoms with van der Waals surface area (Å²) < 4.78 is 296. The minimum Gasteiger partial charge on any atom is -0.289 e. The van der Waals surface area contributed by atoms with Crippen LogP contribution in [0.3, 0.4) is 0 Å². The van der Waals surface area contributed by atoms with Gasteiger partial charge in [-0.3, -0.25) is 4.79 Å². The summed E-state index contributed by atoms with van der Waals surface area (Å²) in [6, 6.07) is 23.2. The average Bonchev–Trinajstić information content (AvgIpc) is 3.32. The molecule has 0 bridgehead atoms. The van der Waals surface area contributed by atoms with E-state index in [-0.39, 0.29) is 5.78 Å². The molecule has 7 rings (SSSR count). The lowest BCUT2D eigenvalue weighted by Crippen LogP contribution is -2.81. The van der Waals surface area contributed by atoms with Crippen LogP contribution in [0.1, 0.15) is 21.5 Å². The van der Waals surface area contributed by atoms with Gasteiger partial charge in [-0.1, -0.05) is 60.7 Å². The van der Waals surface area contributed by atoms with Crippen LogP contribution < -0.4 is 26.4 Å². The fourth-order valence-electron chi connectivity index (χ4n) is 7.24. The fourth-order valence-corrected chi connectivity index (χ4v) is 7.24. The number of pyridine rings is 1. The summed E-state index contributed by atoms with van der Waals surface area (Å²) in [5.74, 6) is -71.3. The molecule has 0 aliphatic heterocycles. The van der Waals surface area contributed by atoms with Crippen LogP contribution in [0.2, 0.25) is 0 Å². The number of hydrogen-bond acceptors (Lipinski definition) is 1. The second kappa shape index (κ2) is 18.4. The van der Waals surface area contributed by atoms with Crippen molar-refractivity contribution < 1.29 is 97.2 Å². The van der Waals surface area contributed by atoms with E-state index in [9.17, 15) is 57.5 Å². The molecule has 1 aromatic heterocycles. The number of aromatic nitrogens is 1. The van der Waals surface area contributed by atoms with Crippen LogP contribution in [0.5, 0.6) is 0 Å². The van der Waals surface area contributed by atoms with E-state index < -0.39 is 144 Å². The third kappa shape index (κ3) is 7.68. The van der Waals surface area contributed by atoms with Crippen LogP contribution >= 0.6 is 0 Å². The topological polar surface area (TPSA) is 20.9 Å². The normalized spacial score (nSPS) is 11.5. The van der Waals surface area contributed by atoms with Crippen LogP contribution in [0.15, 0.2) is 85.2 Å². The van der Waals surface area contributed by atoms with E-state index in [1.54, 1.807) is 0 Å². The molecule has 0 aliphatic carbocycles. The van der Waals surface area contributed by atoms with Gasteiger partial charge in [-0.05, 0) is 0 Å². The van der Waals surface area contributed by atoms with Crippen molar-refractivity contribution in [3.63, 3.8) is 0 Å². The Morgan fingerprint density at radius 2 is 0.591 bits per heavy atom. The van der Waals surface area contributed by atoms with Crippen LogP contribution in [0.25, 0.3) is 0 Å². The van der Waals surface area contributed by atoms with Crippen molar-refractivity contribution in [2.45, 2.75) is 6.54 Å². The second-order valence-corrected chi connectivity index (χ2v) is 13.7. The number of benzene rings is 6. The predicted octanol–water partition coefficient (Wildman–Crippen LogP) is 9.10. The lowest BCUT2D eigenvalue weighted by atomic mass is 9.12. The molecule has 0 spiro atoms. The van der Waals surface area contributed by atoms with Gasteiger partial charge in [0.05, 0.1) is 0 Å². The third-order valence-electron chi connectivity index (χ3n) is 10.1. The summed E-state index contributed by atoms with van der Waals surface area (Å²) in [5, 5.41) is 0. The van der Waals surface area contributed by atoms with Crippen LogP contribution in [-0.2, 0) is 6.54 Å². The molecule has 0 amide bonds. The number of hydrogen-bond donors (Lipinski definition) is 0. The van der Waals surface area contributed by atoms with Gasteiger partial charge in [-0.15, -0.1) is 21.9 Å². The maximum absolute atomic E-state index is 15.4. The largest absolute Gasteiger partial charge is 0.289 e. The van der Waals surface area contributed by atoms with Crippen molar-refractivity contribution in [2.24, 2.45) is 0 Å². The molecule has 0 aliphatic rings. The first-order chi connectivity index (χ1) is 31.0. The number of carbonyl (C=O) groups is 1. The first-order valence-corrected chi connectivity index (χ1v) is 17.9. The van der Waals surface area contributed by atoms with E-state index in [0.717, 1.165) is 16.7 Å². The van der Waals surface area contributed by atoms with Gasteiger partial charge in [-0.25, -0.2) is 92.4 Å². The summed E-state index contributed by atoms with van der Waals surface area (Å²) in [6.07, 6.45) is -3.21. The van der Waals surface area contributed by atoms with Crippen LogP contribution in [0.4, 0.5) is 87.8 Å². The molecule has 0 fully saturated rings. The number of carbonyl (C=O) groups excluding carboxylic acids is 1. The maximum Gasteiger partial charge on any atom is 0.200 e. The zero-order valence-electron chi connectivity index (χ0n) is 31.8. The van der Waals surface area contributed by atoms with Gasteiger partial charge in [-0.2, -0.15) is 0 Å². The smallest absolute Gasteiger partial charge is 0.200 e. The van der Waals surface area contributed by atoms with Gasteiger partial charge in [0.15, 0.2) is 94.5 Å². The number of nitrogens with zero attached hydrogens (tertiary/aromatic N) is 1. The Labute approximate surface area is 355 Å². The monoisotopic (exact) mass is 953 g/mol. The molecule has 23 heteroatoms. The Morgan fingerprint density at radius 3 is 0.909 bits per heavy atom. The van der Waals surface area contributed by atoms with Crippen LogP contribution in [-0.4, -0.2) is 11.9 Å². The zero-order valence-corrected chi connectivity index (χ0v) is 31.8. The second-order valence-electron chi connectivity index (χ2n) is 13.7. The molecule has 0 saturated carbocycles. The quantitative estimate of drug-likeness (QED) is 0.0372. The Bertz CT molecular complexity index is 2700. The van der Waals surface area contributed by atoms with Crippen molar-refractivity contribution in [1.29, 1.82) is 0 Å². The minimum absolute atomic E-state index is 0.0720. The van der Waals surface area contributed by atoms with Gasteiger partial charge in [0, 0.05) is 28.8 Å². The summed E-state index contributed by atoms with van der Waals surface area (Å²) in [7, 11) is 0. The summed E-state index contributed by atoms with van der Waals surface area (Å²) in [6.45, 7) is 0.690. The van der Waals surface area contributed by atoms with Crippen molar-refractivity contribution in [3.8, 4) is 0 Å². The van der Waals surface area contributed by atoms with Gasteiger partial charge in [0.2, 0.25) is 0 Å². The summed E-state index contributed by atoms with van der Waals surface area (Å²) in [5.41, 5.74) is -11.8. The van der Waals surface area contributed by atoms with Crippen molar-refractivity contribution in [2.75, 3.05) is 0 Å². The molecule has 0 atom stereocenters. The van der Waals surface area contributed by atoms with E-state index in [0.29, 0.717) is 6.54 Å². The molecule has 0 radical (unpaired) electrons. The molecule has 342 valence electrons. The molecule has 0 N–H and O–H groups in total. The van der Waals surface area contributed by atoms with E-state index in [1.165, 1.54) is 0 Å². The number of halogens is 20.